The number of hydrogen-bond donors (Lipinski definition) is 0. The maximum absolute atomic E-state index is 11.3. The fourth-order valence-corrected chi connectivity index (χ4v) is 1.76. The lowest BCUT2D eigenvalue weighted by atomic mass is 9.98. The molecule has 0 aromatic carbocycles. The molecule has 0 atom stereocenters. The summed E-state index contributed by atoms with van der Waals surface area (Å²) < 4.78 is 5.35. The monoisotopic (exact) mass is 196 g/mol. The van der Waals surface area contributed by atoms with Gasteiger partial charge in [-0.1, -0.05) is 25.5 Å². The van der Waals surface area contributed by atoms with Gasteiger partial charge in [0.2, 0.25) is 0 Å². The van der Waals surface area contributed by atoms with E-state index in [1.54, 1.807) is 0 Å². The van der Waals surface area contributed by atoms with E-state index < -0.39 is 0 Å². The Bertz CT molecular complexity index is 190. The highest BCUT2D eigenvalue weighted by atomic mass is 16.5. The van der Waals surface area contributed by atoms with Crippen LogP contribution in [0.4, 0.5) is 0 Å². The Balaban J connectivity index is 2.15. The zero-order valence-electron chi connectivity index (χ0n) is 9.00. The normalized spacial score (nSPS) is 18.6. The summed E-state index contributed by atoms with van der Waals surface area (Å²) in [7, 11) is 0. The lowest BCUT2D eigenvalue weighted by Crippen LogP contribution is -2.20. The molecule has 0 bridgehead atoms. The van der Waals surface area contributed by atoms with E-state index in [4.69, 9.17) is 4.74 Å². The van der Waals surface area contributed by atoms with Crippen LogP contribution in [0.2, 0.25) is 0 Å². The minimum absolute atomic E-state index is 0.0680. The Kier molecular flexibility index (Phi) is 5.35. The van der Waals surface area contributed by atoms with Crippen molar-refractivity contribution in [1.82, 2.24) is 0 Å². The van der Waals surface area contributed by atoms with Gasteiger partial charge in [-0.15, -0.1) is 0 Å². The molecule has 1 aliphatic carbocycles. The molecule has 80 valence electrons. The molecule has 1 rings (SSSR count). The lowest BCUT2D eigenvalue weighted by molar-refractivity contribution is -0.149. The van der Waals surface area contributed by atoms with E-state index in [9.17, 15) is 4.79 Å². The van der Waals surface area contributed by atoms with E-state index in [1.807, 2.05) is 12.2 Å². The number of allylic oxidation sites excluding steroid dienone is 1. The van der Waals surface area contributed by atoms with E-state index in [0.717, 1.165) is 19.3 Å². The Morgan fingerprint density at radius 3 is 2.64 bits per heavy atom. The van der Waals surface area contributed by atoms with Gasteiger partial charge in [0, 0.05) is 0 Å². The summed E-state index contributed by atoms with van der Waals surface area (Å²) in [5.74, 6) is -0.0680. The van der Waals surface area contributed by atoms with Crippen molar-refractivity contribution in [2.45, 2.75) is 58.0 Å². The molecule has 0 aromatic rings. The van der Waals surface area contributed by atoms with Crippen LogP contribution in [0.15, 0.2) is 12.2 Å². The summed E-state index contributed by atoms with van der Waals surface area (Å²) in [6, 6.07) is 0. The molecule has 1 fully saturated rings. The highest BCUT2D eigenvalue weighted by Crippen LogP contribution is 2.20. The van der Waals surface area contributed by atoms with Crippen LogP contribution in [0, 0.1) is 0 Å². The highest BCUT2D eigenvalue weighted by Gasteiger charge is 2.16. The zero-order valence-corrected chi connectivity index (χ0v) is 9.00. The Morgan fingerprint density at radius 2 is 2.00 bits per heavy atom. The molecule has 1 saturated carbocycles. The van der Waals surface area contributed by atoms with Crippen molar-refractivity contribution in [3.05, 3.63) is 12.2 Å². The molecule has 0 heterocycles. The van der Waals surface area contributed by atoms with Crippen LogP contribution >= 0.6 is 0 Å². The van der Waals surface area contributed by atoms with E-state index in [1.165, 1.54) is 19.3 Å². The van der Waals surface area contributed by atoms with Crippen LogP contribution in [-0.4, -0.2) is 12.1 Å². The average molecular weight is 196 g/mol. The second kappa shape index (κ2) is 6.63. The molecule has 1 aliphatic rings. The Hall–Kier alpha value is -0.790. The summed E-state index contributed by atoms with van der Waals surface area (Å²) in [5, 5.41) is 0. The second-order valence-electron chi connectivity index (χ2n) is 3.83. The number of carbonyl (C=O) groups is 1. The molecular weight excluding hydrogens is 176 g/mol. The van der Waals surface area contributed by atoms with Crippen molar-refractivity contribution in [3.63, 3.8) is 0 Å². The first kappa shape index (κ1) is 11.3. The van der Waals surface area contributed by atoms with Crippen LogP contribution < -0.4 is 0 Å². The summed E-state index contributed by atoms with van der Waals surface area (Å²) in [6.07, 6.45) is 11.3. The van der Waals surface area contributed by atoms with Gasteiger partial charge in [0.15, 0.2) is 0 Å². The van der Waals surface area contributed by atoms with Crippen molar-refractivity contribution in [2.75, 3.05) is 0 Å². The predicted octanol–water partition coefficient (Wildman–Crippen LogP) is 3.22. The van der Waals surface area contributed by atoms with Crippen molar-refractivity contribution in [2.24, 2.45) is 0 Å². The van der Waals surface area contributed by atoms with Gasteiger partial charge in [0.25, 0.3) is 0 Å². The van der Waals surface area contributed by atoms with Crippen LogP contribution in [-0.2, 0) is 9.53 Å². The average Bonchev–Trinajstić information content (AvgIpc) is 2.20. The molecular formula is C12H20O2. The number of rotatable bonds is 4. The van der Waals surface area contributed by atoms with Crippen LogP contribution in [0.25, 0.3) is 0 Å². The van der Waals surface area contributed by atoms with E-state index in [0.29, 0.717) is 6.42 Å². The van der Waals surface area contributed by atoms with Crippen LogP contribution in [0.1, 0.15) is 51.9 Å². The second-order valence-corrected chi connectivity index (χ2v) is 3.83. The summed E-state index contributed by atoms with van der Waals surface area (Å²) in [6.45, 7) is 2.06. The van der Waals surface area contributed by atoms with E-state index in [-0.39, 0.29) is 12.1 Å². The first-order chi connectivity index (χ1) is 6.83. The Labute approximate surface area is 86.3 Å². The van der Waals surface area contributed by atoms with Gasteiger partial charge in [0.05, 0.1) is 6.42 Å². The van der Waals surface area contributed by atoms with Gasteiger partial charge in [-0.3, -0.25) is 4.79 Å². The fourth-order valence-electron chi connectivity index (χ4n) is 1.76. The van der Waals surface area contributed by atoms with Crippen molar-refractivity contribution in [3.8, 4) is 0 Å². The smallest absolute Gasteiger partial charge is 0.309 e. The number of hydrogen-bond acceptors (Lipinski definition) is 2. The minimum atomic E-state index is -0.0680. The molecule has 2 nitrogen and oxygen atoms in total. The molecule has 0 aromatic heterocycles. The predicted molar refractivity (Wildman–Crippen MR) is 57.0 cm³/mol. The van der Waals surface area contributed by atoms with E-state index in [2.05, 4.69) is 6.92 Å². The quantitative estimate of drug-likeness (QED) is 0.509. The third kappa shape index (κ3) is 4.45. The highest BCUT2D eigenvalue weighted by molar-refractivity contribution is 5.71. The summed E-state index contributed by atoms with van der Waals surface area (Å²) >= 11 is 0. The van der Waals surface area contributed by atoms with Gasteiger partial charge in [-0.05, 0) is 32.1 Å². The molecule has 0 saturated heterocycles. The largest absolute Gasteiger partial charge is 0.462 e. The third-order valence-corrected chi connectivity index (χ3v) is 2.54. The van der Waals surface area contributed by atoms with E-state index >= 15 is 0 Å². The Morgan fingerprint density at radius 1 is 1.29 bits per heavy atom. The molecule has 0 unspecified atom stereocenters. The van der Waals surface area contributed by atoms with Gasteiger partial charge >= 0.3 is 5.97 Å². The third-order valence-electron chi connectivity index (χ3n) is 2.54. The topological polar surface area (TPSA) is 26.3 Å². The van der Waals surface area contributed by atoms with Crippen molar-refractivity contribution >= 4 is 5.97 Å². The molecule has 2 heteroatoms. The van der Waals surface area contributed by atoms with Crippen LogP contribution in [0.3, 0.4) is 0 Å². The maximum Gasteiger partial charge on any atom is 0.309 e. The first-order valence-electron chi connectivity index (χ1n) is 5.67. The lowest BCUT2D eigenvalue weighted by Gasteiger charge is -2.21. The van der Waals surface area contributed by atoms with Gasteiger partial charge in [-0.25, -0.2) is 0 Å². The fraction of sp³-hybridized carbons (Fsp3) is 0.750. The molecule has 0 amide bonds. The molecule has 0 N–H and O–H groups in total. The number of ether oxygens (including phenoxy) is 1. The SMILES string of the molecule is CC/C=C\CC(=O)OC1CCCCC1. The standard InChI is InChI=1S/C12H20O2/c1-2-3-5-10-12(13)14-11-8-6-4-7-9-11/h3,5,11H,2,4,6-10H2,1H3/b5-3-. The van der Waals surface area contributed by atoms with Gasteiger partial charge < -0.3 is 4.74 Å². The maximum atomic E-state index is 11.3. The minimum Gasteiger partial charge on any atom is -0.462 e. The summed E-state index contributed by atoms with van der Waals surface area (Å²) in [4.78, 5) is 11.3. The molecule has 0 aliphatic heterocycles. The van der Waals surface area contributed by atoms with Crippen molar-refractivity contribution in [1.29, 1.82) is 0 Å². The molecule has 14 heavy (non-hydrogen) atoms. The van der Waals surface area contributed by atoms with Crippen molar-refractivity contribution < 1.29 is 9.53 Å². The summed E-state index contributed by atoms with van der Waals surface area (Å²) in [5.41, 5.74) is 0. The number of carbonyl (C=O) groups excluding carboxylic acids is 1. The zero-order chi connectivity index (χ0) is 10.2. The van der Waals surface area contributed by atoms with Gasteiger partial charge in [0.1, 0.15) is 6.10 Å². The number of esters is 1. The van der Waals surface area contributed by atoms with Gasteiger partial charge in [-0.2, -0.15) is 0 Å². The molecule has 0 spiro atoms. The molecule has 0 radical (unpaired) electrons. The first-order valence-corrected chi connectivity index (χ1v) is 5.67. The van der Waals surface area contributed by atoms with Crippen LogP contribution in [0.5, 0.6) is 0 Å².